The maximum Gasteiger partial charge on any atom is 0.0519 e. The molecule has 13 heavy (non-hydrogen) atoms. The van der Waals surface area contributed by atoms with Gasteiger partial charge in [0, 0.05) is 12.5 Å². The molecule has 0 radical (unpaired) electrons. The van der Waals surface area contributed by atoms with Crippen LogP contribution in [-0.2, 0) is 4.74 Å². The predicted octanol–water partition coefficient (Wildman–Crippen LogP) is 1.82. The summed E-state index contributed by atoms with van der Waals surface area (Å²) in [6, 6.07) is 0. The molecule has 0 amide bonds. The molecule has 76 valence electrons. The highest BCUT2D eigenvalue weighted by atomic mass is 16.5. The fourth-order valence-corrected chi connectivity index (χ4v) is 2.55. The van der Waals surface area contributed by atoms with Gasteiger partial charge in [0.1, 0.15) is 0 Å². The van der Waals surface area contributed by atoms with Crippen molar-refractivity contribution in [2.24, 2.45) is 17.8 Å². The second kappa shape index (κ2) is 4.43. The molecule has 1 atom stereocenters. The maximum atomic E-state index is 8.83. The minimum Gasteiger partial charge on any atom is -0.396 e. The van der Waals surface area contributed by atoms with E-state index >= 15 is 0 Å². The monoisotopic (exact) mass is 184 g/mol. The number of aliphatic hydroxyl groups is 1. The largest absolute Gasteiger partial charge is 0.396 e. The van der Waals surface area contributed by atoms with Gasteiger partial charge in [-0.25, -0.2) is 0 Å². The minimum absolute atomic E-state index is 0.358. The fraction of sp³-hybridized carbons (Fsp3) is 1.00. The van der Waals surface area contributed by atoms with E-state index < -0.39 is 0 Å². The van der Waals surface area contributed by atoms with Crippen molar-refractivity contribution in [2.45, 2.75) is 32.1 Å². The highest BCUT2D eigenvalue weighted by Crippen LogP contribution is 2.41. The Kier molecular flexibility index (Phi) is 3.23. The number of aliphatic hydroxyl groups excluding tert-OH is 1. The zero-order chi connectivity index (χ0) is 9.10. The molecule has 1 heterocycles. The van der Waals surface area contributed by atoms with Crippen LogP contribution in [0.4, 0.5) is 0 Å². The van der Waals surface area contributed by atoms with E-state index in [9.17, 15) is 0 Å². The molecule has 1 unspecified atom stereocenters. The Morgan fingerprint density at radius 1 is 1.23 bits per heavy atom. The molecule has 0 aromatic heterocycles. The van der Waals surface area contributed by atoms with Crippen LogP contribution in [0, 0.1) is 17.8 Å². The SMILES string of the molecule is OCCCC(C1CCC1)C1COC1. The van der Waals surface area contributed by atoms with Gasteiger partial charge in [0.05, 0.1) is 13.2 Å². The lowest BCUT2D eigenvalue weighted by atomic mass is 9.68. The first-order valence-corrected chi connectivity index (χ1v) is 5.60. The third-order valence-electron chi connectivity index (χ3n) is 3.72. The zero-order valence-electron chi connectivity index (χ0n) is 8.24. The molecule has 2 nitrogen and oxygen atoms in total. The van der Waals surface area contributed by atoms with Gasteiger partial charge in [0.2, 0.25) is 0 Å². The molecular weight excluding hydrogens is 164 g/mol. The Hall–Kier alpha value is -0.0800. The highest BCUT2D eigenvalue weighted by Gasteiger charge is 2.36. The van der Waals surface area contributed by atoms with Gasteiger partial charge in [-0.1, -0.05) is 19.3 Å². The van der Waals surface area contributed by atoms with Crippen molar-refractivity contribution >= 4 is 0 Å². The molecule has 1 aliphatic carbocycles. The van der Waals surface area contributed by atoms with Crippen molar-refractivity contribution in [3.8, 4) is 0 Å². The van der Waals surface area contributed by atoms with Gasteiger partial charge >= 0.3 is 0 Å². The molecule has 1 saturated heterocycles. The molecule has 0 bridgehead atoms. The van der Waals surface area contributed by atoms with E-state index in [0.29, 0.717) is 6.61 Å². The zero-order valence-corrected chi connectivity index (χ0v) is 8.24. The van der Waals surface area contributed by atoms with E-state index in [1.165, 1.54) is 25.7 Å². The van der Waals surface area contributed by atoms with Crippen LogP contribution < -0.4 is 0 Å². The summed E-state index contributed by atoms with van der Waals surface area (Å²) in [6.45, 7) is 2.32. The van der Waals surface area contributed by atoms with E-state index in [1.54, 1.807) is 0 Å². The van der Waals surface area contributed by atoms with Gasteiger partial charge < -0.3 is 9.84 Å². The van der Waals surface area contributed by atoms with E-state index in [4.69, 9.17) is 9.84 Å². The van der Waals surface area contributed by atoms with Crippen LogP contribution in [-0.4, -0.2) is 24.9 Å². The second-order valence-corrected chi connectivity index (χ2v) is 4.52. The highest BCUT2D eigenvalue weighted by molar-refractivity contribution is 4.85. The standard InChI is InChI=1S/C11H20O2/c12-6-2-5-11(9-3-1-4-9)10-7-13-8-10/h9-12H,1-8H2. The second-order valence-electron chi connectivity index (χ2n) is 4.52. The van der Waals surface area contributed by atoms with Crippen LogP contribution in [0.15, 0.2) is 0 Å². The molecule has 0 aromatic carbocycles. The van der Waals surface area contributed by atoms with E-state index in [2.05, 4.69) is 0 Å². The van der Waals surface area contributed by atoms with Gasteiger partial charge in [-0.2, -0.15) is 0 Å². The van der Waals surface area contributed by atoms with Crippen molar-refractivity contribution in [1.29, 1.82) is 0 Å². The van der Waals surface area contributed by atoms with Crippen LogP contribution in [0.2, 0.25) is 0 Å². The first kappa shape index (κ1) is 9.47. The van der Waals surface area contributed by atoms with E-state index in [0.717, 1.165) is 37.4 Å². The van der Waals surface area contributed by atoms with Gasteiger partial charge in [-0.15, -0.1) is 0 Å². The van der Waals surface area contributed by atoms with Crippen LogP contribution >= 0.6 is 0 Å². The van der Waals surface area contributed by atoms with Crippen molar-refractivity contribution < 1.29 is 9.84 Å². The molecule has 0 aromatic rings. The summed E-state index contributed by atoms with van der Waals surface area (Å²) < 4.78 is 5.25. The lowest BCUT2D eigenvalue weighted by Crippen LogP contribution is -2.40. The maximum absolute atomic E-state index is 8.83. The van der Waals surface area contributed by atoms with Gasteiger partial charge in [-0.3, -0.25) is 0 Å². The number of hydrogen-bond donors (Lipinski definition) is 1. The summed E-state index contributed by atoms with van der Waals surface area (Å²) in [5.74, 6) is 2.63. The Labute approximate surface area is 80.3 Å². The van der Waals surface area contributed by atoms with Crippen molar-refractivity contribution in [1.82, 2.24) is 0 Å². The Morgan fingerprint density at radius 3 is 2.38 bits per heavy atom. The normalized spacial score (nSPS) is 26.5. The number of rotatable bonds is 5. The Bertz CT molecular complexity index is 136. The van der Waals surface area contributed by atoms with E-state index in [-0.39, 0.29) is 0 Å². The molecule has 2 aliphatic rings. The van der Waals surface area contributed by atoms with E-state index in [1.807, 2.05) is 0 Å². The van der Waals surface area contributed by atoms with Gasteiger partial charge in [0.15, 0.2) is 0 Å². The van der Waals surface area contributed by atoms with Crippen molar-refractivity contribution in [2.75, 3.05) is 19.8 Å². The molecule has 1 aliphatic heterocycles. The average Bonchev–Trinajstić information content (AvgIpc) is 1.93. The van der Waals surface area contributed by atoms with Crippen molar-refractivity contribution in [3.05, 3.63) is 0 Å². The topological polar surface area (TPSA) is 29.5 Å². The molecule has 1 N–H and O–H groups in total. The average molecular weight is 184 g/mol. The van der Waals surface area contributed by atoms with Gasteiger partial charge in [-0.05, 0) is 24.7 Å². The third-order valence-corrected chi connectivity index (χ3v) is 3.72. The molecule has 2 rings (SSSR count). The first-order chi connectivity index (χ1) is 6.42. The molecule has 1 saturated carbocycles. The summed E-state index contributed by atoms with van der Waals surface area (Å²) >= 11 is 0. The Balaban J connectivity index is 1.78. The Morgan fingerprint density at radius 2 is 2.00 bits per heavy atom. The predicted molar refractivity (Wildman–Crippen MR) is 51.5 cm³/mol. The molecule has 2 heteroatoms. The minimum atomic E-state index is 0.358. The van der Waals surface area contributed by atoms with Gasteiger partial charge in [0.25, 0.3) is 0 Å². The van der Waals surface area contributed by atoms with Crippen LogP contribution in [0.25, 0.3) is 0 Å². The number of hydrogen-bond acceptors (Lipinski definition) is 2. The third kappa shape index (κ3) is 2.05. The van der Waals surface area contributed by atoms with Crippen LogP contribution in [0.1, 0.15) is 32.1 Å². The molecule has 2 fully saturated rings. The quantitative estimate of drug-likeness (QED) is 0.706. The first-order valence-electron chi connectivity index (χ1n) is 5.60. The summed E-state index contributed by atoms with van der Waals surface area (Å²) in [7, 11) is 0. The van der Waals surface area contributed by atoms with Crippen molar-refractivity contribution in [3.63, 3.8) is 0 Å². The van der Waals surface area contributed by atoms with Crippen LogP contribution in [0.5, 0.6) is 0 Å². The molecule has 0 spiro atoms. The summed E-state index contributed by atoms with van der Waals surface area (Å²) in [6.07, 6.45) is 6.47. The van der Waals surface area contributed by atoms with Crippen LogP contribution in [0.3, 0.4) is 0 Å². The molecular formula is C11H20O2. The smallest absolute Gasteiger partial charge is 0.0519 e. The summed E-state index contributed by atoms with van der Waals surface area (Å²) in [5.41, 5.74) is 0. The summed E-state index contributed by atoms with van der Waals surface area (Å²) in [4.78, 5) is 0. The lowest BCUT2D eigenvalue weighted by Gasteiger charge is -2.42. The fourth-order valence-electron chi connectivity index (χ4n) is 2.55. The lowest BCUT2D eigenvalue weighted by molar-refractivity contribution is -0.0845. The number of ether oxygens (including phenoxy) is 1. The summed E-state index contributed by atoms with van der Waals surface area (Å²) in [5, 5.41) is 8.83.